The van der Waals surface area contributed by atoms with E-state index < -0.39 is 6.10 Å². The molecular weight excluding hydrogens is 437 g/mol. The van der Waals surface area contributed by atoms with E-state index in [1.165, 1.54) is 0 Å². The van der Waals surface area contributed by atoms with Gasteiger partial charge in [-0.25, -0.2) is 4.52 Å². The Morgan fingerprint density at radius 2 is 1.84 bits per heavy atom. The molecule has 0 aliphatic heterocycles. The van der Waals surface area contributed by atoms with Gasteiger partial charge in [-0.1, -0.05) is 41.4 Å². The van der Waals surface area contributed by atoms with Crippen LogP contribution in [0.25, 0.3) is 16.8 Å². The van der Waals surface area contributed by atoms with Gasteiger partial charge in [0.2, 0.25) is 5.95 Å². The second kappa shape index (κ2) is 8.93. The predicted octanol–water partition coefficient (Wildman–Crippen LogP) is 4.14. The molecule has 1 amide bonds. The van der Waals surface area contributed by atoms with Crippen LogP contribution in [0.15, 0.2) is 60.8 Å². The van der Waals surface area contributed by atoms with Crippen molar-refractivity contribution in [2.45, 2.75) is 12.5 Å². The lowest BCUT2D eigenvalue weighted by Gasteiger charge is -2.13. The van der Waals surface area contributed by atoms with Gasteiger partial charge in [0.05, 0.1) is 16.7 Å². The van der Waals surface area contributed by atoms with E-state index in [0.717, 1.165) is 16.7 Å². The number of amides is 1. The molecule has 4 rings (SSSR count). The summed E-state index contributed by atoms with van der Waals surface area (Å²) in [4.78, 5) is 16.8. The van der Waals surface area contributed by atoms with Gasteiger partial charge in [-0.05, 0) is 59.5 Å². The molecule has 158 valence electrons. The zero-order valence-corrected chi connectivity index (χ0v) is 17.8. The summed E-state index contributed by atoms with van der Waals surface area (Å²) >= 11 is 12.1. The average Bonchev–Trinajstić information content (AvgIpc) is 3.13. The minimum Gasteiger partial charge on any atom is -0.388 e. The van der Waals surface area contributed by atoms with E-state index in [-0.39, 0.29) is 18.4 Å². The van der Waals surface area contributed by atoms with Gasteiger partial charge in [0.15, 0.2) is 5.65 Å². The van der Waals surface area contributed by atoms with Gasteiger partial charge in [0.25, 0.3) is 5.91 Å². The first-order valence-electron chi connectivity index (χ1n) is 9.54. The summed E-state index contributed by atoms with van der Waals surface area (Å²) in [6, 6.07) is 15.9. The number of aliphatic hydroxyl groups excluding tert-OH is 1. The highest BCUT2D eigenvalue weighted by molar-refractivity contribution is 6.34. The SMILES string of the molecule is Nc1nc2cc(-c3ccc(Cl)c(C(=O)NCC[C@@H](O)c4ccc(Cl)cc4)c3)ccn2n1. The second-order valence-electron chi connectivity index (χ2n) is 6.99. The van der Waals surface area contributed by atoms with Crippen molar-refractivity contribution in [3.8, 4) is 11.1 Å². The fourth-order valence-electron chi connectivity index (χ4n) is 3.23. The largest absolute Gasteiger partial charge is 0.388 e. The van der Waals surface area contributed by atoms with Crippen LogP contribution in [0.3, 0.4) is 0 Å². The normalized spacial score (nSPS) is 12.1. The highest BCUT2D eigenvalue weighted by Gasteiger charge is 2.14. The number of pyridine rings is 1. The number of aliphatic hydroxyl groups is 1. The molecule has 9 heteroatoms. The number of hydrogen-bond acceptors (Lipinski definition) is 5. The van der Waals surface area contributed by atoms with Crippen LogP contribution in [0.5, 0.6) is 0 Å². The summed E-state index contributed by atoms with van der Waals surface area (Å²) in [7, 11) is 0. The Morgan fingerprint density at radius 1 is 1.10 bits per heavy atom. The van der Waals surface area contributed by atoms with Crippen molar-refractivity contribution in [1.82, 2.24) is 19.9 Å². The summed E-state index contributed by atoms with van der Waals surface area (Å²) in [6.45, 7) is 0.286. The van der Waals surface area contributed by atoms with Crippen LogP contribution in [-0.2, 0) is 0 Å². The number of hydrogen-bond donors (Lipinski definition) is 3. The molecule has 31 heavy (non-hydrogen) atoms. The van der Waals surface area contributed by atoms with Gasteiger partial charge in [-0.3, -0.25) is 4.79 Å². The van der Waals surface area contributed by atoms with Crippen molar-refractivity contribution >= 4 is 40.7 Å². The van der Waals surface area contributed by atoms with Crippen LogP contribution >= 0.6 is 23.2 Å². The molecular formula is C22H19Cl2N5O2. The van der Waals surface area contributed by atoms with Crippen molar-refractivity contribution in [2.75, 3.05) is 12.3 Å². The van der Waals surface area contributed by atoms with Gasteiger partial charge in [-0.2, -0.15) is 4.98 Å². The third-order valence-electron chi connectivity index (χ3n) is 4.86. The van der Waals surface area contributed by atoms with E-state index in [2.05, 4.69) is 15.4 Å². The van der Waals surface area contributed by atoms with E-state index in [1.807, 2.05) is 18.2 Å². The van der Waals surface area contributed by atoms with Crippen LogP contribution in [-0.4, -0.2) is 32.2 Å². The molecule has 4 aromatic rings. The molecule has 0 radical (unpaired) electrons. The van der Waals surface area contributed by atoms with E-state index in [9.17, 15) is 9.90 Å². The third-order valence-corrected chi connectivity index (χ3v) is 5.44. The molecule has 1 atom stereocenters. The first-order valence-corrected chi connectivity index (χ1v) is 10.3. The Bertz CT molecular complexity index is 1240. The molecule has 2 heterocycles. The molecule has 0 saturated heterocycles. The second-order valence-corrected chi connectivity index (χ2v) is 7.84. The quantitative estimate of drug-likeness (QED) is 0.405. The first kappa shape index (κ1) is 21.1. The van der Waals surface area contributed by atoms with Crippen LogP contribution in [0.1, 0.15) is 28.4 Å². The summed E-state index contributed by atoms with van der Waals surface area (Å²) in [5, 5.41) is 18.1. The minimum atomic E-state index is -0.707. The topological polar surface area (TPSA) is 106 Å². The number of benzene rings is 2. The lowest BCUT2D eigenvalue weighted by Crippen LogP contribution is -2.26. The number of aromatic nitrogens is 3. The van der Waals surface area contributed by atoms with Crippen LogP contribution < -0.4 is 11.1 Å². The summed E-state index contributed by atoms with van der Waals surface area (Å²) in [5.41, 5.74) is 8.98. The Hall–Kier alpha value is -3.13. The number of rotatable bonds is 6. The molecule has 0 aliphatic carbocycles. The zero-order valence-electron chi connectivity index (χ0n) is 16.3. The molecule has 7 nitrogen and oxygen atoms in total. The Labute approximate surface area is 188 Å². The molecule has 0 unspecified atom stereocenters. The monoisotopic (exact) mass is 455 g/mol. The Balaban J connectivity index is 1.45. The highest BCUT2D eigenvalue weighted by Crippen LogP contribution is 2.26. The zero-order chi connectivity index (χ0) is 22.0. The lowest BCUT2D eigenvalue weighted by molar-refractivity contribution is 0.0943. The van der Waals surface area contributed by atoms with Crippen molar-refractivity contribution in [2.24, 2.45) is 0 Å². The number of halogens is 2. The van der Waals surface area contributed by atoms with E-state index in [4.69, 9.17) is 28.9 Å². The number of fused-ring (bicyclic) bond motifs is 1. The fourth-order valence-corrected chi connectivity index (χ4v) is 3.56. The molecule has 4 N–H and O–H groups in total. The van der Waals surface area contributed by atoms with Gasteiger partial charge in [-0.15, -0.1) is 5.10 Å². The number of nitrogens with one attached hydrogen (secondary N) is 1. The van der Waals surface area contributed by atoms with Crippen LogP contribution in [0.2, 0.25) is 10.0 Å². The average molecular weight is 456 g/mol. The number of nitrogens with two attached hydrogens (primary N) is 1. The maximum absolute atomic E-state index is 12.7. The predicted molar refractivity (Wildman–Crippen MR) is 121 cm³/mol. The van der Waals surface area contributed by atoms with Crippen molar-refractivity contribution in [1.29, 1.82) is 0 Å². The molecule has 2 aromatic carbocycles. The smallest absolute Gasteiger partial charge is 0.252 e. The lowest BCUT2D eigenvalue weighted by atomic mass is 10.0. The summed E-state index contributed by atoms with van der Waals surface area (Å²) in [5.74, 6) is -0.128. The van der Waals surface area contributed by atoms with Gasteiger partial charge >= 0.3 is 0 Å². The Morgan fingerprint density at radius 3 is 2.61 bits per heavy atom. The van der Waals surface area contributed by atoms with Crippen LogP contribution in [0.4, 0.5) is 5.95 Å². The number of carbonyl (C=O) groups is 1. The number of nitrogens with zero attached hydrogens (tertiary/aromatic N) is 3. The van der Waals surface area contributed by atoms with Gasteiger partial charge in [0.1, 0.15) is 0 Å². The molecule has 0 fully saturated rings. The molecule has 0 bridgehead atoms. The first-order chi connectivity index (χ1) is 14.9. The summed E-state index contributed by atoms with van der Waals surface area (Å²) < 4.78 is 1.58. The maximum atomic E-state index is 12.7. The molecule has 0 saturated carbocycles. The standard InChI is InChI=1S/C22H19Cl2N5O2/c23-16-4-1-13(2-5-16)19(30)7-9-26-21(31)17-11-14(3-6-18(17)24)15-8-10-29-20(12-15)27-22(25)28-29/h1-6,8,10-12,19,30H,7,9H2,(H2,25,28)(H,26,31)/t19-/m1/s1. The number of anilines is 1. The van der Waals surface area contributed by atoms with Crippen LogP contribution in [0, 0.1) is 0 Å². The summed E-state index contributed by atoms with van der Waals surface area (Å²) in [6.07, 6.45) is 1.40. The minimum absolute atomic E-state index is 0.189. The molecule has 0 aliphatic rings. The van der Waals surface area contributed by atoms with Gasteiger partial charge < -0.3 is 16.2 Å². The van der Waals surface area contributed by atoms with E-state index in [1.54, 1.807) is 47.1 Å². The maximum Gasteiger partial charge on any atom is 0.252 e. The highest BCUT2D eigenvalue weighted by atomic mass is 35.5. The van der Waals surface area contributed by atoms with Crippen molar-refractivity contribution in [3.05, 3.63) is 82.0 Å². The van der Waals surface area contributed by atoms with E-state index in [0.29, 0.717) is 27.7 Å². The van der Waals surface area contributed by atoms with Gasteiger partial charge in [0, 0.05) is 17.8 Å². The fraction of sp³-hybridized carbons (Fsp3) is 0.136. The third kappa shape index (κ3) is 4.80. The van der Waals surface area contributed by atoms with Crippen molar-refractivity contribution < 1.29 is 9.90 Å². The van der Waals surface area contributed by atoms with E-state index >= 15 is 0 Å². The number of carbonyl (C=O) groups excluding carboxylic acids is 1. The van der Waals surface area contributed by atoms with Crippen molar-refractivity contribution in [3.63, 3.8) is 0 Å². The number of nitrogen functional groups attached to an aromatic ring is 1. The molecule has 2 aromatic heterocycles. The molecule has 0 spiro atoms. The Kier molecular flexibility index (Phi) is 6.08.